The molecule has 3 aromatic rings. The molecule has 0 unspecified atom stereocenters. The highest BCUT2D eigenvalue weighted by Gasteiger charge is 2.15. The van der Waals surface area contributed by atoms with Crippen LogP contribution >= 0.6 is 15.9 Å². The van der Waals surface area contributed by atoms with E-state index >= 15 is 0 Å². The Balaban J connectivity index is 1.46. The van der Waals surface area contributed by atoms with Gasteiger partial charge in [-0.05, 0) is 48.0 Å². The van der Waals surface area contributed by atoms with Crippen molar-refractivity contribution in [3.05, 3.63) is 52.0 Å². The summed E-state index contributed by atoms with van der Waals surface area (Å²) < 4.78 is 15.5. The average Bonchev–Trinajstić information content (AvgIpc) is 3.23. The van der Waals surface area contributed by atoms with E-state index in [-0.39, 0.29) is 5.91 Å². The summed E-state index contributed by atoms with van der Waals surface area (Å²) in [6.45, 7) is 5.36. The topological polar surface area (TPSA) is 83.2 Å². The van der Waals surface area contributed by atoms with Gasteiger partial charge in [-0.2, -0.15) is 10.2 Å². The lowest BCUT2D eigenvalue weighted by Gasteiger charge is -2.18. The predicted octanol–water partition coefficient (Wildman–Crippen LogP) is 2.99. The molecule has 8 nitrogen and oxygen atoms in total. The third-order valence-electron chi connectivity index (χ3n) is 4.25. The normalized spacial score (nSPS) is 12.9. The van der Waals surface area contributed by atoms with Crippen LogP contribution in [0.25, 0.3) is 0 Å². The molecule has 3 heterocycles. The molecule has 1 amide bonds. The van der Waals surface area contributed by atoms with Gasteiger partial charge < -0.3 is 14.8 Å². The van der Waals surface area contributed by atoms with Gasteiger partial charge in [-0.1, -0.05) is 0 Å². The van der Waals surface area contributed by atoms with Crippen LogP contribution < -0.4 is 14.8 Å². The van der Waals surface area contributed by atoms with Gasteiger partial charge in [0.25, 0.3) is 5.91 Å². The van der Waals surface area contributed by atoms with Crippen molar-refractivity contribution in [2.45, 2.75) is 20.5 Å². The smallest absolute Gasteiger partial charge is 0.276 e. The van der Waals surface area contributed by atoms with E-state index in [0.29, 0.717) is 42.8 Å². The lowest BCUT2D eigenvalue weighted by Crippen LogP contribution is -2.17. The first-order valence-electron chi connectivity index (χ1n) is 8.45. The molecule has 0 radical (unpaired) electrons. The van der Waals surface area contributed by atoms with Crippen molar-refractivity contribution in [1.82, 2.24) is 19.6 Å². The summed E-state index contributed by atoms with van der Waals surface area (Å²) in [5, 5.41) is 11.6. The summed E-state index contributed by atoms with van der Waals surface area (Å²) in [7, 11) is 0. The zero-order chi connectivity index (χ0) is 19.0. The number of hydrogen-bond acceptors (Lipinski definition) is 5. The van der Waals surface area contributed by atoms with Gasteiger partial charge in [0, 0.05) is 18.0 Å². The zero-order valence-electron chi connectivity index (χ0n) is 14.9. The summed E-state index contributed by atoms with van der Waals surface area (Å²) in [5.41, 5.74) is 2.87. The second-order valence-corrected chi connectivity index (χ2v) is 6.97. The molecule has 4 rings (SSSR count). The Morgan fingerprint density at radius 2 is 1.96 bits per heavy atom. The predicted molar refractivity (Wildman–Crippen MR) is 102 cm³/mol. The Hall–Kier alpha value is -2.81. The molecule has 1 aliphatic rings. The van der Waals surface area contributed by atoms with Gasteiger partial charge in [0.2, 0.25) is 0 Å². The van der Waals surface area contributed by atoms with Crippen LogP contribution in [0.15, 0.2) is 34.9 Å². The van der Waals surface area contributed by atoms with Crippen LogP contribution in [0.5, 0.6) is 11.5 Å². The molecule has 9 heteroatoms. The van der Waals surface area contributed by atoms with E-state index in [9.17, 15) is 4.79 Å². The van der Waals surface area contributed by atoms with Crippen molar-refractivity contribution < 1.29 is 14.3 Å². The van der Waals surface area contributed by atoms with Crippen LogP contribution in [0.2, 0.25) is 0 Å². The third kappa shape index (κ3) is 3.55. The molecule has 2 aromatic heterocycles. The van der Waals surface area contributed by atoms with Crippen LogP contribution in [-0.4, -0.2) is 38.7 Å². The van der Waals surface area contributed by atoms with Crippen molar-refractivity contribution in [1.29, 1.82) is 0 Å². The average molecular weight is 432 g/mol. The number of rotatable bonds is 4. The molecule has 0 saturated heterocycles. The number of benzene rings is 1. The van der Waals surface area contributed by atoms with Crippen molar-refractivity contribution in [3.8, 4) is 11.5 Å². The number of amides is 1. The number of aryl methyl sites for hydroxylation is 1. The molecule has 0 aliphatic carbocycles. The fourth-order valence-electron chi connectivity index (χ4n) is 2.83. The summed E-state index contributed by atoms with van der Waals surface area (Å²) in [5.74, 6) is 1.01. The molecule has 0 fully saturated rings. The molecule has 1 aliphatic heterocycles. The van der Waals surface area contributed by atoms with Crippen molar-refractivity contribution in [2.75, 3.05) is 18.5 Å². The maximum absolute atomic E-state index is 12.5. The molecule has 0 spiro atoms. The van der Waals surface area contributed by atoms with Gasteiger partial charge in [0.1, 0.15) is 19.9 Å². The number of carbonyl (C=O) groups is 1. The van der Waals surface area contributed by atoms with E-state index in [1.54, 1.807) is 35.1 Å². The lowest BCUT2D eigenvalue weighted by atomic mass is 10.2. The van der Waals surface area contributed by atoms with Crippen LogP contribution in [0.3, 0.4) is 0 Å². The second-order valence-electron chi connectivity index (χ2n) is 6.18. The van der Waals surface area contributed by atoms with Crippen molar-refractivity contribution in [2.24, 2.45) is 0 Å². The van der Waals surface area contributed by atoms with Gasteiger partial charge >= 0.3 is 0 Å². The SMILES string of the molecule is Cc1nn(Cn2ccc(C(=O)Nc3ccc4c(c3)OCCO4)n2)c(C)c1Br. The Labute approximate surface area is 164 Å². The number of fused-ring (bicyclic) bond motifs is 1. The first-order chi connectivity index (χ1) is 13.0. The highest BCUT2D eigenvalue weighted by molar-refractivity contribution is 9.10. The minimum Gasteiger partial charge on any atom is -0.486 e. The monoisotopic (exact) mass is 431 g/mol. The number of ether oxygens (including phenoxy) is 2. The fourth-order valence-corrected chi connectivity index (χ4v) is 3.11. The molecule has 1 aromatic carbocycles. The van der Waals surface area contributed by atoms with Crippen molar-refractivity contribution >= 4 is 27.5 Å². The van der Waals surface area contributed by atoms with E-state index < -0.39 is 0 Å². The van der Waals surface area contributed by atoms with Crippen LogP contribution in [0, 0.1) is 13.8 Å². The van der Waals surface area contributed by atoms with E-state index in [0.717, 1.165) is 15.9 Å². The maximum atomic E-state index is 12.5. The minimum absolute atomic E-state index is 0.292. The van der Waals surface area contributed by atoms with E-state index in [2.05, 4.69) is 31.4 Å². The van der Waals surface area contributed by atoms with Gasteiger partial charge in [-0.15, -0.1) is 0 Å². The highest BCUT2D eigenvalue weighted by atomic mass is 79.9. The molecule has 0 bridgehead atoms. The van der Waals surface area contributed by atoms with Crippen molar-refractivity contribution in [3.63, 3.8) is 0 Å². The maximum Gasteiger partial charge on any atom is 0.276 e. The molecule has 0 atom stereocenters. The molecular weight excluding hydrogens is 414 g/mol. The standard InChI is InChI=1S/C18H18BrN5O3/c1-11-17(19)12(2)24(21-11)10-23-6-5-14(22-23)18(25)20-13-3-4-15-16(9-13)27-8-7-26-15/h3-6,9H,7-8,10H2,1-2H3,(H,20,25). The number of anilines is 1. The van der Waals surface area contributed by atoms with Gasteiger partial charge in [-0.3, -0.25) is 9.48 Å². The largest absolute Gasteiger partial charge is 0.486 e. The summed E-state index contributed by atoms with van der Waals surface area (Å²) in [6, 6.07) is 6.98. The Morgan fingerprint density at radius 3 is 2.70 bits per heavy atom. The van der Waals surface area contributed by atoms with Crippen LogP contribution in [0.4, 0.5) is 5.69 Å². The first-order valence-corrected chi connectivity index (χ1v) is 9.24. The Kier molecular flexibility index (Phi) is 4.61. The van der Waals surface area contributed by atoms with E-state index in [4.69, 9.17) is 9.47 Å². The number of nitrogens with zero attached hydrogens (tertiary/aromatic N) is 4. The quantitative estimate of drug-likeness (QED) is 0.686. The molecule has 0 saturated carbocycles. The zero-order valence-corrected chi connectivity index (χ0v) is 16.5. The van der Waals surface area contributed by atoms with E-state index in [1.807, 2.05) is 18.5 Å². The Bertz CT molecular complexity index is 1010. The fraction of sp³-hybridized carbons (Fsp3) is 0.278. The number of nitrogens with one attached hydrogen (secondary N) is 1. The third-order valence-corrected chi connectivity index (χ3v) is 5.39. The summed E-state index contributed by atoms with van der Waals surface area (Å²) in [6.07, 6.45) is 1.75. The second kappa shape index (κ2) is 7.07. The number of halogens is 1. The highest BCUT2D eigenvalue weighted by Crippen LogP contribution is 2.32. The first kappa shape index (κ1) is 17.6. The van der Waals surface area contributed by atoms with Gasteiger partial charge in [0.05, 0.1) is 15.9 Å². The van der Waals surface area contributed by atoms with Crippen LogP contribution in [-0.2, 0) is 6.67 Å². The van der Waals surface area contributed by atoms with Crippen LogP contribution in [0.1, 0.15) is 21.9 Å². The summed E-state index contributed by atoms with van der Waals surface area (Å²) >= 11 is 3.51. The molecule has 27 heavy (non-hydrogen) atoms. The van der Waals surface area contributed by atoms with Gasteiger partial charge in [-0.25, -0.2) is 4.68 Å². The number of carbonyl (C=O) groups excluding carboxylic acids is 1. The van der Waals surface area contributed by atoms with Gasteiger partial charge in [0.15, 0.2) is 17.2 Å². The molecule has 1 N–H and O–H groups in total. The Morgan fingerprint density at radius 1 is 1.19 bits per heavy atom. The molecule has 140 valence electrons. The van der Waals surface area contributed by atoms with E-state index in [1.165, 1.54) is 0 Å². The molecular formula is C18H18BrN5O3. The minimum atomic E-state index is -0.292. The number of hydrogen-bond donors (Lipinski definition) is 1. The number of aromatic nitrogens is 4. The summed E-state index contributed by atoms with van der Waals surface area (Å²) in [4.78, 5) is 12.5. The lowest BCUT2D eigenvalue weighted by molar-refractivity contribution is 0.102.